The lowest BCUT2D eigenvalue weighted by Gasteiger charge is -2.33. The highest BCUT2D eigenvalue weighted by Crippen LogP contribution is 2.24. The highest BCUT2D eigenvalue weighted by molar-refractivity contribution is 7.89. The summed E-state index contributed by atoms with van der Waals surface area (Å²) in [7, 11) is -3.10. The molecule has 1 amide bonds. The third-order valence-electron chi connectivity index (χ3n) is 4.64. The van der Waals surface area contributed by atoms with Crippen LogP contribution in [0.1, 0.15) is 45.4 Å². The highest BCUT2D eigenvalue weighted by atomic mass is 32.2. The summed E-state index contributed by atoms with van der Waals surface area (Å²) in [6.45, 7) is 2.67. The molecule has 2 aliphatic rings. The first-order valence-electron chi connectivity index (χ1n) is 7.96. The number of piperidine rings is 1. The summed E-state index contributed by atoms with van der Waals surface area (Å²) in [5.41, 5.74) is 5.92. The van der Waals surface area contributed by atoms with Gasteiger partial charge in [0.25, 0.3) is 0 Å². The number of hydrogen-bond acceptors (Lipinski definition) is 4. The van der Waals surface area contributed by atoms with Gasteiger partial charge < -0.3 is 11.1 Å². The normalized spacial score (nSPS) is 29.2. The van der Waals surface area contributed by atoms with E-state index in [0.717, 1.165) is 25.7 Å². The molecule has 0 aromatic heterocycles. The van der Waals surface area contributed by atoms with E-state index < -0.39 is 10.0 Å². The van der Waals surface area contributed by atoms with Crippen molar-refractivity contribution in [2.45, 2.75) is 57.5 Å². The molecule has 1 aliphatic carbocycles. The average Bonchev–Trinajstić information content (AvgIpc) is 2.48. The zero-order chi connectivity index (χ0) is 15.5. The Morgan fingerprint density at radius 3 is 2.48 bits per heavy atom. The van der Waals surface area contributed by atoms with E-state index in [1.807, 2.05) is 0 Å². The van der Waals surface area contributed by atoms with Crippen molar-refractivity contribution in [3.8, 4) is 0 Å². The smallest absolute Gasteiger partial charge is 0.223 e. The number of amides is 1. The predicted molar refractivity (Wildman–Crippen MR) is 82.1 cm³/mol. The SMILES string of the molecule is CCS(=O)(=O)N1CCC(NC(=O)C2CCCC(N)C2)CC1. The van der Waals surface area contributed by atoms with Gasteiger partial charge in [0, 0.05) is 31.1 Å². The number of nitrogens with one attached hydrogen (secondary N) is 1. The number of nitrogens with zero attached hydrogens (tertiary/aromatic N) is 1. The topological polar surface area (TPSA) is 92.5 Å². The van der Waals surface area contributed by atoms with Crippen LogP contribution in [-0.2, 0) is 14.8 Å². The molecule has 0 spiro atoms. The summed E-state index contributed by atoms with van der Waals surface area (Å²) >= 11 is 0. The first kappa shape index (κ1) is 16.7. The van der Waals surface area contributed by atoms with E-state index >= 15 is 0 Å². The molecule has 0 bridgehead atoms. The molecule has 6 nitrogen and oxygen atoms in total. The third-order valence-corrected chi connectivity index (χ3v) is 6.53. The van der Waals surface area contributed by atoms with E-state index in [0.29, 0.717) is 25.9 Å². The van der Waals surface area contributed by atoms with E-state index in [-0.39, 0.29) is 29.7 Å². The van der Waals surface area contributed by atoms with Gasteiger partial charge in [0.1, 0.15) is 0 Å². The molecule has 3 N–H and O–H groups in total. The molecular formula is C14H27N3O3S. The van der Waals surface area contributed by atoms with Crippen LogP contribution in [0.15, 0.2) is 0 Å². The van der Waals surface area contributed by atoms with Crippen molar-refractivity contribution in [1.29, 1.82) is 0 Å². The summed E-state index contributed by atoms with van der Waals surface area (Å²) in [5.74, 6) is 0.275. The van der Waals surface area contributed by atoms with Gasteiger partial charge >= 0.3 is 0 Å². The standard InChI is InChI=1S/C14H27N3O3S/c1-2-21(19,20)17-8-6-13(7-9-17)16-14(18)11-4-3-5-12(15)10-11/h11-13H,2-10,15H2,1H3,(H,16,18). The molecule has 2 rings (SSSR count). The Kier molecular flexibility index (Phi) is 5.62. The van der Waals surface area contributed by atoms with Crippen molar-refractivity contribution in [3.63, 3.8) is 0 Å². The third kappa shape index (κ3) is 4.40. The van der Waals surface area contributed by atoms with Crippen LogP contribution in [0.3, 0.4) is 0 Å². The fourth-order valence-electron chi connectivity index (χ4n) is 3.25. The lowest BCUT2D eigenvalue weighted by Crippen LogP contribution is -2.49. The Morgan fingerprint density at radius 1 is 1.24 bits per heavy atom. The van der Waals surface area contributed by atoms with Crippen LogP contribution in [0.5, 0.6) is 0 Å². The van der Waals surface area contributed by atoms with Crippen LogP contribution >= 0.6 is 0 Å². The number of carbonyl (C=O) groups is 1. The maximum absolute atomic E-state index is 12.2. The second-order valence-electron chi connectivity index (χ2n) is 6.21. The van der Waals surface area contributed by atoms with Crippen molar-refractivity contribution in [3.05, 3.63) is 0 Å². The quantitative estimate of drug-likeness (QED) is 0.786. The van der Waals surface area contributed by atoms with E-state index in [1.165, 1.54) is 4.31 Å². The summed E-state index contributed by atoms with van der Waals surface area (Å²) in [6.07, 6.45) is 5.12. The fourth-order valence-corrected chi connectivity index (χ4v) is 4.38. The van der Waals surface area contributed by atoms with Gasteiger partial charge in [0.15, 0.2) is 0 Å². The number of sulfonamides is 1. The highest BCUT2D eigenvalue weighted by Gasteiger charge is 2.30. The van der Waals surface area contributed by atoms with Crippen molar-refractivity contribution in [2.24, 2.45) is 11.7 Å². The van der Waals surface area contributed by atoms with Crippen LogP contribution in [0.25, 0.3) is 0 Å². The second-order valence-corrected chi connectivity index (χ2v) is 8.46. The molecule has 21 heavy (non-hydrogen) atoms. The fraction of sp³-hybridized carbons (Fsp3) is 0.929. The van der Waals surface area contributed by atoms with Crippen molar-refractivity contribution >= 4 is 15.9 Å². The Labute approximate surface area is 127 Å². The summed E-state index contributed by atoms with van der Waals surface area (Å²) < 4.78 is 25.1. The predicted octanol–water partition coefficient (Wildman–Crippen LogP) is 0.434. The van der Waals surface area contributed by atoms with Crippen LogP contribution in [0.4, 0.5) is 0 Å². The van der Waals surface area contributed by atoms with E-state index in [4.69, 9.17) is 5.73 Å². The van der Waals surface area contributed by atoms with Gasteiger partial charge in [-0.1, -0.05) is 6.42 Å². The van der Waals surface area contributed by atoms with Gasteiger partial charge in [-0.2, -0.15) is 0 Å². The molecule has 7 heteroatoms. The lowest BCUT2D eigenvalue weighted by molar-refractivity contribution is -0.127. The molecule has 1 heterocycles. The monoisotopic (exact) mass is 317 g/mol. The minimum atomic E-state index is -3.10. The van der Waals surface area contributed by atoms with E-state index in [2.05, 4.69) is 5.32 Å². The van der Waals surface area contributed by atoms with Crippen LogP contribution in [-0.4, -0.2) is 49.6 Å². The maximum Gasteiger partial charge on any atom is 0.223 e. The molecule has 2 unspecified atom stereocenters. The minimum absolute atomic E-state index is 0.0335. The number of hydrogen-bond donors (Lipinski definition) is 2. The molecule has 0 radical (unpaired) electrons. The first-order valence-corrected chi connectivity index (χ1v) is 9.57. The Balaban J connectivity index is 1.79. The number of carbonyl (C=O) groups excluding carboxylic acids is 1. The molecule has 2 atom stereocenters. The van der Waals surface area contributed by atoms with Crippen molar-refractivity contribution in [2.75, 3.05) is 18.8 Å². The Bertz CT molecular complexity index is 458. The van der Waals surface area contributed by atoms with Crippen LogP contribution < -0.4 is 11.1 Å². The van der Waals surface area contributed by atoms with Gasteiger partial charge in [-0.05, 0) is 39.0 Å². The second kappa shape index (κ2) is 7.07. The summed E-state index contributed by atoms with van der Waals surface area (Å²) in [4.78, 5) is 12.2. The summed E-state index contributed by atoms with van der Waals surface area (Å²) in [6, 6.07) is 0.241. The van der Waals surface area contributed by atoms with Gasteiger partial charge in [-0.3, -0.25) is 4.79 Å². The molecular weight excluding hydrogens is 290 g/mol. The van der Waals surface area contributed by atoms with Gasteiger partial charge in [-0.15, -0.1) is 0 Å². The van der Waals surface area contributed by atoms with Crippen molar-refractivity contribution in [1.82, 2.24) is 9.62 Å². The van der Waals surface area contributed by atoms with Crippen LogP contribution in [0, 0.1) is 5.92 Å². The molecule has 1 saturated heterocycles. The van der Waals surface area contributed by atoms with Crippen LogP contribution in [0.2, 0.25) is 0 Å². The number of nitrogens with two attached hydrogens (primary N) is 1. The number of rotatable bonds is 4. The zero-order valence-corrected chi connectivity index (χ0v) is 13.6. The van der Waals surface area contributed by atoms with Gasteiger partial charge in [0.05, 0.1) is 5.75 Å². The molecule has 1 saturated carbocycles. The Hall–Kier alpha value is -0.660. The first-order chi connectivity index (χ1) is 9.92. The molecule has 122 valence electrons. The van der Waals surface area contributed by atoms with E-state index in [9.17, 15) is 13.2 Å². The van der Waals surface area contributed by atoms with Crippen molar-refractivity contribution < 1.29 is 13.2 Å². The summed E-state index contributed by atoms with van der Waals surface area (Å²) in [5, 5.41) is 3.08. The largest absolute Gasteiger partial charge is 0.353 e. The zero-order valence-electron chi connectivity index (χ0n) is 12.8. The average molecular weight is 317 g/mol. The lowest BCUT2D eigenvalue weighted by atomic mass is 9.85. The van der Waals surface area contributed by atoms with E-state index in [1.54, 1.807) is 6.92 Å². The minimum Gasteiger partial charge on any atom is -0.353 e. The molecule has 1 aliphatic heterocycles. The van der Waals surface area contributed by atoms with Gasteiger partial charge in [-0.25, -0.2) is 12.7 Å². The Morgan fingerprint density at radius 2 is 1.90 bits per heavy atom. The molecule has 2 fully saturated rings. The maximum atomic E-state index is 12.2. The van der Waals surface area contributed by atoms with Gasteiger partial charge in [0.2, 0.25) is 15.9 Å². The molecule has 0 aromatic rings. The molecule has 0 aromatic carbocycles.